The van der Waals surface area contributed by atoms with E-state index < -0.39 is 6.10 Å². The summed E-state index contributed by atoms with van der Waals surface area (Å²) < 4.78 is 19.0. The van der Waals surface area contributed by atoms with Crippen LogP contribution in [-0.4, -0.2) is 51.2 Å². The summed E-state index contributed by atoms with van der Waals surface area (Å²) in [6.07, 6.45) is 2.01. The highest BCUT2D eigenvalue weighted by molar-refractivity contribution is 5.97. The van der Waals surface area contributed by atoms with Crippen molar-refractivity contribution in [3.8, 4) is 5.75 Å². The first kappa shape index (κ1) is 18.1. The number of aliphatic hydroxyl groups is 1. The van der Waals surface area contributed by atoms with E-state index in [2.05, 4.69) is 9.97 Å². The van der Waals surface area contributed by atoms with Crippen molar-refractivity contribution < 1.29 is 19.0 Å². The Morgan fingerprint density at radius 2 is 1.93 bits per heavy atom. The number of ether oxygens (including phenoxy) is 1. The van der Waals surface area contributed by atoms with Gasteiger partial charge in [0.25, 0.3) is 5.91 Å². The number of hydrogen-bond donors (Lipinski definition) is 2. The molecular formula is C22H22FN3O3. The van der Waals surface area contributed by atoms with Crippen molar-refractivity contribution in [2.45, 2.75) is 25.0 Å². The molecule has 0 unspecified atom stereocenters. The topological polar surface area (TPSA) is 78.5 Å². The van der Waals surface area contributed by atoms with Crippen LogP contribution < -0.4 is 4.74 Å². The largest absolute Gasteiger partial charge is 0.488 e. The summed E-state index contributed by atoms with van der Waals surface area (Å²) in [5, 5.41) is 10.6. The van der Waals surface area contributed by atoms with Crippen LogP contribution in [0, 0.1) is 17.7 Å². The lowest BCUT2D eigenvalue weighted by Gasteiger charge is -2.35. The van der Waals surface area contributed by atoms with Crippen LogP contribution in [-0.2, 0) is 0 Å². The number of rotatable bonds is 3. The molecule has 0 bridgehead atoms. The van der Waals surface area contributed by atoms with Gasteiger partial charge in [0.05, 0.1) is 17.1 Å². The Morgan fingerprint density at radius 1 is 1.17 bits per heavy atom. The lowest BCUT2D eigenvalue weighted by Crippen LogP contribution is -2.42. The lowest BCUT2D eigenvalue weighted by molar-refractivity contribution is -0.0231. The van der Waals surface area contributed by atoms with Crippen molar-refractivity contribution in [1.82, 2.24) is 14.9 Å². The van der Waals surface area contributed by atoms with E-state index in [1.807, 2.05) is 17.0 Å². The number of nitrogens with one attached hydrogen (secondary N) is 1. The summed E-state index contributed by atoms with van der Waals surface area (Å²) in [5.41, 5.74) is 2.16. The Balaban J connectivity index is 1.27. The average Bonchev–Trinajstić information content (AvgIpc) is 3.33. The van der Waals surface area contributed by atoms with Crippen LogP contribution in [0.1, 0.15) is 23.3 Å². The third-order valence-electron chi connectivity index (χ3n) is 6.09. The van der Waals surface area contributed by atoms with Crippen LogP contribution in [0.25, 0.3) is 11.0 Å². The highest BCUT2D eigenvalue weighted by Gasteiger charge is 2.44. The molecule has 1 aliphatic carbocycles. The molecule has 4 atom stereocenters. The number of amides is 1. The second kappa shape index (κ2) is 7.15. The second-order valence-electron chi connectivity index (χ2n) is 8.00. The Kier molecular flexibility index (Phi) is 4.47. The minimum atomic E-state index is -0.603. The van der Waals surface area contributed by atoms with Gasteiger partial charge in [-0.25, -0.2) is 4.39 Å². The van der Waals surface area contributed by atoms with E-state index in [1.165, 1.54) is 12.1 Å². The third-order valence-corrected chi connectivity index (χ3v) is 6.09. The summed E-state index contributed by atoms with van der Waals surface area (Å²) in [6.45, 7) is 1.27. The van der Waals surface area contributed by atoms with Gasteiger partial charge in [0, 0.05) is 19.3 Å². The SMILES string of the molecule is O=C(c1cc2ncccc2[nH]1)N1C[C@H]2C[C@@H](Oc3ccc(F)cc3)[C@H](O)C[C@H]2C1. The number of benzene rings is 1. The number of aromatic amines is 1. The Hall–Kier alpha value is -2.93. The first-order valence-electron chi connectivity index (χ1n) is 9.90. The van der Waals surface area contributed by atoms with Gasteiger partial charge in [-0.15, -0.1) is 0 Å². The molecule has 29 heavy (non-hydrogen) atoms. The van der Waals surface area contributed by atoms with Gasteiger partial charge < -0.3 is 19.7 Å². The number of H-pyrrole nitrogens is 1. The second-order valence-corrected chi connectivity index (χ2v) is 8.00. The Morgan fingerprint density at radius 3 is 2.69 bits per heavy atom. The molecule has 6 nitrogen and oxygen atoms in total. The number of carbonyl (C=O) groups excluding carboxylic acids is 1. The fourth-order valence-corrected chi connectivity index (χ4v) is 4.61. The van der Waals surface area contributed by atoms with E-state index in [9.17, 15) is 14.3 Å². The van der Waals surface area contributed by atoms with Gasteiger partial charge in [-0.1, -0.05) is 0 Å². The van der Waals surface area contributed by atoms with Crippen molar-refractivity contribution in [2.75, 3.05) is 13.1 Å². The summed E-state index contributed by atoms with van der Waals surface area (Å²) in [5.74, 6) is 0.715. The molecule has 150 valence electrons. The van der Waals surface area contributed by atoms with Crippen molar-refractivity contribution in [3.63, 3.8) is 0 Å². The normalized spacial score (nSPS) is 26.5. The van der Waals surface area contributed by atoms with E-state index in [0.717, 1.165) is 11.0 Å². The molecule has 0 radical (unpaired) electrons. The van der Waals surface area contributed by atoms with E-state index in [-0.39, 0.29) is 29.7 Å². The van der Waals surface area contributed by atoms with Crippen molar-refractivity contribution in [2.24, 2.45) is 11.8 Å². The van der Waals surface area contributed by atoms with Gasteiger partial charge in [-0.2, -0.15) is 0 Å². The van der Waals surface area contributed by atoms with Gasteiger partial charge in [0.1, 0.15) is 23.4 Å². The molecule has 2 N–H and O–H groups in total. The molecule has 7 heteroatoms. The maximum absolute atomic E-state index is 13.1. The predicted octanol–water partition coefficient (Wildman–Crippen LogP) is 2.99. The third kappa shape index (κ3) is 3.46. The zero-order chi connectivity index (χ0) is 20.0. The van der Waals surface area contributed by atoms with Crippen molar-refractivity contribution >= 4 is 16.9 Å². The minimum absolute atomic E-state index is 0.0390. The Labute approximate surface area is 167 Å². The first-order valence-corrected chi connectivity index (χ1v) is 9.90. The van der Waals surface area contributed by atoms with Crippen molar-refractivity contribution in [3.05, 3.63) is 60.2 Å². The summed E-state index contributed by atoms with van der Waals surface area (Å²) in [6, 6.07) is 11.4. The minimum Gasteiger partial charge on any atom is -0.488 e. The molecule has 2 aromatic heterocycles. The number of halogens is 1. The van der Waals surface area contributed by atoms with E-state index >= 15 is 0 Å². The van der Waals surface area contributed by atoms with Crippen LogP contribution in [0.2, 0.25) is 0 Å². The van der Waals surface area contributed by atoms with Gasteiger partial charge >= 0.3 is 0 Å². The molecule has 1 aliphatic heterocycles. The molecule has 1 aromatic carbocycles. The number of hydrogen-bond acceptors (Lipinski definition) is 4. The maximum Gasteiger partial charge on any atom is 0.270 e. The lowest BCUT2D eigenvalue weighted by atomic mass is 9.78. The predicted molar refractivity (Wildman–Crippen MR) is 105 cm³/mol. The average molecular weight is 395 g/mol. The maximum atomic E-state index is 13.1. The molecule has 1 amide bonds. The quantitative estimate of drug-likeness (QED) is 0.715. The van der Waals surface area contributed by atoms with E-state index in [0.29, 0.717) is 37.4 Å². The number of aliphatic hydroxyl groups excluding tert-OH is 1. The summed E-state index contributed by atoms with van der Waals surface area (Å²) in [7, 11) is 0. The van der Waals surface area contributed by atoms with Gasteiger partial charge in [0.15, 0.2) is 0 Å². The fraction of sp³-hybridized carbons (Fsp3) is 0.364. The zero-order valence-electron chi connectivity index (χ0n) is 15.8. The van der Waals surface area contributed by atoms with Gasteiger partial charge in [-0.05, 0) is 67.1 Å². The number of carbonyl (C=O) groups is 1. The molecule has 2 aliphatic rings. The van der Waals surface area contributed by atoms with E-state index in [4.69, 9.17) is 4.74 Å². The number of nitrogens with zero attached hydrogens (tertiary/aromatic N) is 2. The van der Waals surface area contributed by atoms with Crippen molar-refractivity contribution in [1.29, 1.82) is 0 Å². The smallest absolute Gasteiger partial charge is 0.270 e. The van der Waals surface area contributed by atoms with Gasteiger partial charge in [-0.3, -0.25) is 9.78 Å². The van der Waals surface area contributed by atoms with Crippen LogP contribution in [0.15, 0.2) is 48.7 Å². The molecule has 0 spiro atoms. The molecular weight excluding hydrogens is 373 g/mol. The number of fused-ring (bicyclic) bond motifs is 2. The summed E-state index contributed by atoms with van der Waals surface area (Å²) in [4.78, 5) is 22.3. The zero-order valence-corrected chi connectivity index (χ0v) is 15.8. The standard InChI is InChI=1S/C22H22FN3O3/c23-15-3-5-16(6-4-15)29-21-9-14-12-26(11-13(14)8-20(21)27)22(28)19-10-18-17(25-19)2-1-7-24-18/h1-7,10,13-14,20-21,25,27H,8-9,11-12H2/t13-,14+,20+,21+/m0/s1. The number of pyridine rings is 1. The number of aromatic nitrogens is 2. The highest BCUT2D eigenvalue weighted by Crippen LogP contribution is 2.38. The molecule has 1 saturated carbocycles. The molecule has 2 fully saturated rings. The number of likely N-dealkylation sites (tertiary alicyclic amines) is 1. The first-order chi connectivity index (χ1) is 14.1. The van der Waals surface area contributed by atoms with Crippen LogP contribution in [0.3, 0.4) is 0 Å². The molecule has 1 saturated heterocycles. The van der Waals surface area contributed by atoms with E-state index in [1.54, 1.807) is 24.4 Å². The molecule has 3 aromatic rings. The van der Waals surface area contributed by atoms with Crippen LogP contribution in [0.4, 0.5) is 4.39 Å². The molecule has 5 rings (SSSR count). The van der Waals surface area contributed by atoms with Crippen LogP contribution in [0.5, 0.6) is 5.75 Å². The van der Waals surface area contributed by atoms with Crippen LogP contribution >= 0.6 is 0 Å². The Bertz CT molecular complexity index is 1000. The highest BCUT2D eigenvalue weighted by atomic mass is 19.1. The molecule has 3 heterocycles. The fourth-order valence-electron chi connectivity index (χ4n) is 4.61. The van der Waals surface area contributed by atoms with Gasteiger partial charge in [0.2, 0.25) is 0 Å². The summed E-state index contributed by atoms with van der Waals surface area (Å²) >= 11 is 0. The monoisotopic (exact) mass is 395 g/mol.